The number of aldehydes is 1. The van der Waals surface area contributed by atoms with E-state index in [2.05, 4.69) is 36.4 Å². The highest BCUT2D eigenvalue weighted by Crippen LogP contribution is 2.24. The van der Waals surface area contributed by atoms with E-state index in [1.54, 1.807) is 13.0 Å². The van der Waals surface area contributed by atoms with E-state index in [1.807, 2.05) is 36.4 Å². The zero-order valence-corrected chi connectivity index (χ0v) is 13.4. The van der Waals surface area contributed by atoms with Crippen molar-refractivity contribution in [2.75, 3.05) is 0 Å². The second-order valence-electron chi connectivity index (χ2n) is 5.71. The summed E-state index contributed by atoms with van der Waals surface area (Å²) < 4.78 is 0. The van der Waals surface area contributed by atoms with Gasteiger partial charge in [-0.15, -0.1) is 0 Å². The van der Waals surface area contributed by atoms with Crippen LogP contribution in [-0.4, -0.2) is 11.4 Å². The first-order valence-corrected chi connectivity index (χ1v) is 7.80. The molecule has 0 atom stereocenters. The Bertz CT molecular complexity index is 876. The summed E-state index contributed by atoms with van der Waals surface area (Å²) in [7, 11) is 0. The van der Waals surface area contributed by atoms with Crippen molar-refractivity contribution in [2.45, 2.75) is 6.92 Å². The molecule has 0 spiro atoms. The number of aromatic hydroxyl groups is 1. The Morgan fingerprint density at radius 1 is 0.792 bits per heavy atom. The van der Waals surface area contributed by atoms with Crippen LogP contribution in [0.2, 0.25) is 0 Å². The minimum Gasteiger partial charge on any atom is -0.507 e. The van der Waals surface area contributed by atoms with Crippen molar-refractivity contribution in [3.05, 3.63) is 89.0 Å². The van der Waals surface area contributed by atoms with E-state index < -0.39 is 0 Å². The molecule has 0 aromatic heterocycles. The molecule has 3 rings (SSSR count). The van der Waals surface area contributed by atoms with E-state index in [4.69, 9.17) is 0 Å². The van der Waals surface area contributed by atoms with Gasteiger partial charge in [-0.05, 0) is 46.9 Å². The number of phenols is 1. The Morgan fingerprint density at radius 3 is 2.08 bits per heavy atom. The molecule has 0 aliphatic rings. The number of rotatable bonds is 4. The molecule has 0 fully saturated rings. The Balaban J connectivity index is 1.83. The molecular weight excluding hydrogens is 296 g/mol. The first-order valence-electron chi connectivity index (χ1n) is 7.80. The maximum absolute atomic E-state index is 11.0. The summed E-state index contributed by atoms with van der Waals surface area (Å²) in [5.41, 5.74) is 5.34. The van der Waals surface area contributed by atoms with Crippen LogP contribution in [0.4, 0.5) is 0 Å². The Hall–Kier alpha value is -3.13. The number of carbonyl (C=O) groups excluding carboxylic acids is 1. The molecule has 2 heteroatoms. The average molecular weight is 314 g/mol. The summed E-state index contributed by atoms with van der Waals surface area (Å²) in [4.78, 5) is 11.0. The summed E-state index contributed by atoms with van der Waals surface area (Å²) in [6, 6.07) is 22.1. The van der Waals surface area contributed by atoms with E-state index >= 15 is 0 Å². The highest BCUT2D eigenvalue weighted by Gasteiger charge is 2.04. The lowest BCUT2D eigenvalue weighted by Gasteiger charge is -2.04. The van der Waals surface area contributed by atoms with Crippen molar-refractivity contribution in [1.29, 1.82) is 0 Å². The first kappa shape index (κ1) is 15.8. The number of phenolic OH excluding ortho intramolecular Hbond substituents is 1. The summed E-state index contributed by atoms with van der Waals surface area (Å²) in [5, 5.41) is 9.79. The fourth-order valence-electron chi connectivity index (χ4n) is 2.63. The SMILES string of the molecule is Cc1cc(/C=C/c2ccc(-c3ccccc3)cc2)cc(C=O)c1O. The van der Waals surface area contributed by atoms with E-state index in [0.29, 0.717) is 17.4 Å². The predicted molar refractivity (Wildman–Crippen MR) is 99.0 cm³/mol. The molecule has 0 aliphatic carbocycles. The summed E-state index contributed by atoms with van der Waals surface area (Å²) in [6.07, 6.45) is 4.61. The van der Waals surface area contributed by atoms with Crippen molar-refractivity contribution < 1.29 is 9.90 Å². The highest BCUT2D eigenvalue weighted by molar-refractivity contribution is 5.83. The van der Waals surface area contributed by atoms with Crippen molar-refractivity contribution in [3.63, 3.8) is 0 Å². The first-order chi connectivity index (χ1) is 11.7. The van der Waals surface area contributed by atoms with E-state index in [0.717, 1.165) is 11.1 Å². The number of aryl methyl sites for hydroxylation is 1. The van der Waals surface area contributed by atoms with Gasteiger partial charge in [0.2, 0.25) is 0 Å². The molecule has 0 saturated heterocycles. The van der Waals surface area contributed by atoms with Crippen molar-refractivity contribution in [3.8, 4) is 16.9 Å². The zero-order valence-electron chi connectivity index (χ0n) is 13.4. The molecule has 0 saturated carbocycles. The molecule has 0 bridgehead atoms. The van der Waals surface area contributed by atoms with Crippen molar-refractivity contribution in [1.82, 2.24) is 0 Å². The molecule has 24 heavy (non-hydrogen) atoms. The number of benzene rings is 3. The minimum absolute atomic E-state index is 0.0503. The van der Waals surface area contributed by atoms with Crippen LogP contribution in [0.15, 0.2) is 66.7 Å². The maximum atomic E-state index is 11.0. The van der Waals surface area contributed by atoms with Crippen LogP contribution in [0.1, 0.15) is 27.0 Å². The van der Waals surface area contributed by atoms with Gasteiger partial charge in [-0.1, -0.05) is 66.7 Å². The predicted octanol–water partition coefficient (Wildman–Crippen LogP) is 5.35. The normalized spacial score (nSPS) is 10.9. The van der Waals surface area contributed by atoms with Gasteiger partial charge in [0.25, 0.3) is 0 Å². The van der Waals surface area contributed by atoms with Gasteiger partial charge in [0.1, 0.15) is 5.75 Å². The lowest BCUT2D eigenvalue weighted by Crippen LogP contribution is -1.87. The van der Waals surface area contributed by atoms with Crippen molar-refractivity contribution >= 4 is 18.4 Å². The topological polar surface area (TPSA) is 37.3 Å². The van der Waals surface area contributed by atoms with Crippen LogP contribution >= 0.6 is 0 Å². The monoisotopic (exact) mass is 314 g/mol. The second-order valence-corrected chi connectivity index (χ2v) is 5.71. The molecule has 0 aliphatic heterocycles. The molecule has 2 nitrogen and oxygen atoms in total. The number of carbonyl (C=O) groups is 1. The third kappa shape index (κ3) is 3.44. The van der Waals surface area contributed by atoms with Crippen LogP contribution in [0.5, 0.6) is 5.75 Å². The van der Waals surface area contributed by atoms with Gasteiger partial charge < -0.3 is 5.11 Å². The fourth-order valence-corrected chi connectivity index (χ4v) is 2.63. The molecule has 3 aromatic rings. The van der Waals surface area contributed by atoms with E-state index in [9.17, 15) is 9.90 Å². The quantitative estimate of drug-likeness (QED) is 0.520. The lowest BCUT2D eigenvalue weighted by atomic mass is 10.0. The molecule has 0 radical (unpaired) electrons. The third-order valence-corrected chi connectivity index (χ3v) is 3.97. The van der Waals surface area contributed by atoms with Gasteiger partial charge in [0, 0.05) is 0 Å². The highest BCUT2D eigenvalue weighted by atomic mass is 16.3. The molecular formula is C22H18O2. The van der Waals surface area contributed by atoms with Gasteiger partial charge >= 0.3 is 0 Å². The molecule has 0 amide bonds. The zero-order chi connectivity index (χ0) is 16.9. The third-order valence-electron chi connectivity index (χ3n) is 3.97. The summed E-state index contributed by atoms with van der Waals surface area (Å²) in [6.45, 7) is 1.79. The van der Waals surface area contributed by atoms with Gasteiger partial charge in [0.15, 0.2) is 6.29 Å². The molecule has 0 unspecified atom stereocenters. The van der Waals surface area contributed by atoms with Gasteiger partial charge in [0.05, 0.1) is 5.56 Å². The average Bonchev–Trinajstić information content (AvgIpc) is 2.63. The Labute approximate surface area is 141 Å². The fraction of sp³-hybridized carbons (Fsp3) is 0.0455. The summed E-state index contributed by atoms with van der Waals surface area (Å²) in [5.74, 6) is 0.0503. The Morgan fingerprint density at radius 2 is 1.42 bits per heavy atom. The van der Waals surface area contributed by atoms with Crippen LogP contribution in [-0.2, 0) is 0 Å². The molecule has 0 heterocycles. The van der Waals surface area contributed by atoms with E-state index in [1.165, 1.54) is 11.1 Å². The molecule has 1 N–H and O–H groups in total. The van der Waals surface area contributed by atoms with Gasteiger partial charge in [-0.3, -0.25) is 4.79 Å². The largest absolute Gasteiger partial charge is 0.507 e. The number of hydrogen-bond acceptors (Lipinski definition) is 2. The van der Waals surface area contributed by atoms with Gasteiger partial charge in [-0.25, -0.2) is 0 Å². The second kappa shape index (κ2) is 6.97. The standard InChI is InChI=1S/C22H18O2/c1-16-13-18(14-21(15-23)22(16)24)8-7-17-9-11-20(12-10-17)19-5-3-2-4-6-19/h2-15,24H,1H3/b8-7+. The van der Waals surface area contributed by atoms with Crippen LogP contribution in [0.25, 0.3) is 23.3 Å². The van der Waals surface area contributed by atoms with E-state index in [-0.39, 0.29) is 5.75 Å². The maximum Gasteiger partial charge on any atom is 0.153 e. The van der Waals surface area contributed by atoms with Gasteiger partial charge in [-0.2, -0.15) is 0 Å². The molecule has 118 valence electrons. The molecule has 3 aromatic carbocycles. The van der Waals surface area contributed by atoms with Crippen LogP contribution < -0.4 is 0 Å². The minimum atomic E-state index is 0.0503. The lowest BCUT2D eigenvalue weighted by molar-refractivity contribution is 0.112. The van der Waals surface area contributed by atoms with Crippen LogP contribution in [0, 0.1) is 6.92 Å². The van der Waals surface area contributed by atoms with Crippen LogP contribution in [0.3, 0.4) is 0 Å². The number of hydrogen-bond donors (Lipinski definition) is 1. The Kier molecular flexibility index (Phi) is 4.57. The van der Waals surface area contributed by atoms with Crippen molar-refractivity contribution in [2.24, 2.45) is 0 Å². The smallest absolute Gasteiger partial charge is 0.153 e. The summed E-state index contributed by atoms with van der Waals surface area (Å²) >= 11 is 0.